The second-order valence-corrected chi connectivity index (χ2v) is 16.0. The first kappa shape index (κ1) is 56.8. The summed E-state index contributed by atoms with van der Waals surface area (Å²) < 4.78 is 17.3. The molecule has 60 heavy (non-hydrogen) atoms. The Morgan fingerprint density at radius 1 is 0.383 bits per heavy atom. The lowest BCUT2D eigenvalue weighted by Gasteiger charge is -2.18. The molecule has 0 aromatic carbocycles. The summed E-state index contributed by atoms with van der Waals surface area (Å²) in [5.74, 6) is -0.466. The molecule has 0 radical (unpaired) electrons. The van der Waals surface area contributed by atoms with E-state index in [1.54, 1.807) is 0 Å². The maximum atomic E-state index is 12.8. The van der Waals surface area contributed by atoms with Gasteiger partial charge < -0.3 is 14.2 Å². The monoisotopic (exact) mass is 833 g/mol. The zero-order chi connectivity index (χ0) is 43.5. The normalized spacial score (nSPS) is 13.1. The summed E-state index contributed by atoms with van der Waals surface area (Å²) in [7, 11) is 0. The summed E-state index contributed by atoms with van der Waals surface area (Å²) in [5.41, 5.74) is 0. The van der Waals surface area contributed by atoms with E-state index in [9.17, 15) is 9.59 Å². The number of rotatable bonds is 44. The largest absolute Gasteiger partial charge is 0.462 e. The Balaban J connectivity index is 4.40. The van der Waals surface area contributed by atoms with E-state index < -0.39 is 6.10 Å². The van der Waals surface area contributed by atoms with Gasteiger partial charge in [0.15, 0.2) is 6.10 Å². The van der Waals surface area contributed by atoms with E-state index in [0.717, 1.165) is 109 Å². The summed E-state index contributed by atoms with van der Waals surface area (Å²) in [6, 6.07) is 0. The van der Waals surface area contributed by atoms with Gasteiger partial charge in [-0.2, -0.15) is 0 Å². The molecule has 0 bridgehead atoms. The van der Waals surface area contributed by atoms with Crippen molar-refractivity contribution in [1.82, 2.24) is 0 Å². The Morgan fingerprint density at radius 3 is 1.22 bits per heavy atom. The van der Waals surface area contributed by atoms with Gasteiger partial charge >= 0.3 is 11.9 Å². The second kappa shape index (κ2) is 50.2. The number of hydrogen-bond donors (Lipinski definition) is 0. The van der Waals surface area contributed by atoms with Gasteiger partial charge in [0.25, 0.3) is 0 Å². The van der Waals surface area contributed by atoms with Crippen LogP contribution in [-0.2, 0) is 23.8 Å². The first-order chi connectivity index (χ1) is 29.6. The lowest BCUT2D eigenvalue weighted by atomic mass is 10.0. The molecule has 0 spiro atoms. The van der Waals surface area contributed by atoms with E-state index in [0.29, 0.717) is 19.4 Å². The standard InChI is InChI=1S/C55H92O5/c1-4-7-10-13-16-19-22-25-27-29-32-35-38-41-44-47-50-58-51-53(60-55(57)49-46-43-40-37-34-30-24-21-18-15-12-9-6-3)52-59-54(56)48-45-42-39-36-33-31-28-26-23-20-17-14-11-8-5-2/h7-8,10-11,16-17,19-20,25-28,32-33,35-36,53H,4-6,9,12-15,18,21-24,29-31,34,37-52H2,1-3H3/b10-7-,11-8-,19-16-,20-17-,27-25-,28-26-,35-32-,36-33-. The molecule has 1 atom stereocenters. The Kier molecular flexibility index (Phi) is 47.5. The molecule has 0 aromatic heterocycles. The highest BCUT2D eigenvalue weighted by Gasteiger charge is 2.17. The maximum absolute atomic E-state index is 12.8. The Labute approximate surface area is 371 Å². The van der Waals surface area contributed by atoms with Crippen LogP contribution < -0.4 is 0 Å². The van der Waals surface area contributed by atoms with Gasteiger partial charge in [-0.3, -0.25) is 9.59 Å². The predicted octanol–water partition coefficient (Wildman–Crippen LogP) is 16.7. The molecule has 0 aliphatic carbocycles. The van der Waals surface area contributed by atoms with Gasteiger partial charge in [-0.05, 0) is 96.3 Å². The van der Waals surface area contributed by atoms with E-state index in [1.165, 1.54) is 70.6 Å². The van der Waals surface area contributed by atoms with Crippen molar-refractivity contribution >= 4 is 11.9 Å². The Hall–Kier alpha value is -3.18. The minimum atomic E-state index is -0.572. The van der Waals surface area contributed by atoms with Crippen molar-refractivity contribution < 1.29 is 23.8 Å². The summed E-state index contributed by atoms with van der Waals surface area (Å²) >= 11 is 0. The van der Waals surface area contributed by atoms with Crippen LogP contribution >= 0.6 is 0 Å². The average molecular weight is 833 g/mol. The molecule has 0 saturated heterocycles. The van der Waals surface area contributed by atoms with E-state index in [4.69, 9.17) is 14.2 Å². The molecule has 5 nitrogen and oxygen atoms in total. The van der Waals surface area contributed by atoms with Gasteiger partial charge in [-0.25, -0.2) is 0 Å². The highest BCUT2D eigenvalue weighted by Crippen LogP contribution is 2.14. The molecule has 0 heterocycles. The van der Waals surface area contributed by atoms with Crippen molar-refractivity contribution in [2.75, 3.05) is 19.8 Å². The average Bonchev–Trinajstić information content (AvgIpc) is 3.25. The van der Waals surface area contributed by atoms with Crippen molar-refractivity contribution in [2.24, 2.45) is 0 Å². The molecular weight excluding hydrogens is 741 g/mol. The van der Waals surface area contributed by atoms with E-state index in [-0.39, 0.29) is 25.2 Å². The second-order valence-electron chi connectivity index (χ2n) is 16.0. The van der Waals surface area contributed by atoms with Gasteiger partial charge in [0.1, 0.15) is 6.61 Å². The lowest BCUT2D eigenvalue weighted by molar-refractivity contribution is -0.163. The summed E-state index contributed by atoms with van der Waals surface area (Å²) in [5, 5.41) is 0. The molecule has 0 rings (SSSR count). The first-order valence-electron chi connectivity index (χ1n) is 24.8. The Morgan fingerprint density at radius 2 is 0.750 bits per heavy atom. The highest BCUT2D eigenvalue weighted by molar-refractivity contribution is 5.70. The van der Waals surface area contributed by atoms with Crippen molar-refractivity contribution in [3.05, 3.63) is 97.2 Å². The number of carbonyl (C=O) groups is 2. The van der Waals surface area contributed by atoms with Crippen LogP contribution in [0.1, 0.15) is 213 Å². The molecule has 342 valence electrons. The van der Waals surface area contributed by atoms with Gasteiger partial charge in [-0.15, -0.1) is 0 Å². The smallest absolute Gasteiger partial charge is 0.306 e. The zero-order valence-corrected chi connectivity index (χ0v) is 39.2. The SMILES string of the molecule is CC/C=C\C/C=C\C/C=C\C/C=C\CCCCCOCC(COC(=O)CCCC/C=C\C/C=C\C/C=C\C/C=C\CC)OC(=O)CCCCCCCCCCCCCCC. The van der Waals surface area contributed by atoms with Crippen LogP contribution in [0.4, 0.5) is 0 Å². The van der Waals surface area contributed by atoms with Crippen molar-refractivity contribution in [1.29, 1.82) is 0 Å². The number of carbonyl (C=O) groups excluding carboxylic acids is 2. The van der Waals surface area contributed by atoms with Gasteiger partial charge in [0.05, 0.1) is 6.61 Å². The molecule has 1 unspecified atom stereocenters. The molecule has 5 heteroatoms. The quantitative estimate of drug-likeness (QED) is 0.0348. The lowest BCUT2D eigenvalue weighted by Crippen LogP contribution is -2.30. The van der Waals surface area contributed by atoms with Crippen LogP contribution in [0.2, 0.25) is 0 Å². The molecule has 0 fully saturated rings. The van der Waals surface area contributed by atoms with Crippen LogP contribution in [0.5, 0.6) is 0 Å². The molecule has 0 saturated carbocycles. The van der Waals surface area contributed by atoms with E-state index in [1.807, 2.05) is 0 Å². The Bertz CT molecular complexity index is 1170. The fourth-order valence-corrected chi connectivity index (χ4v) is 6.49. The molecule has 0 aliphatic rings. The fraction of sp³-hybridized carbons (Fsp3) is 0.673. The highest BCUT2D eigenvalue weighted by atomic mass is 16.6. The first-order valence-corrected chi connectivity index (χ1v) is 24.8. The zero-order valence-electron chi connectivity index (χ0n) is 39.2. The number of esters is 2. The third-order valence-electron chi connectivity index (χ3n) is 10.1. The minimum Gasteiger partial charge on any atom is -0.462 e. The molecule has 0 amide bonds. The van der Waals surface area contributed by atoms with Crippen molar-refractivity contribution in [3.63, 3.8) is 0 Å². The number of ether oxygens (including phenoxy) is 3. The van der Waals surface area contributed by atoms with Crippen LogP contribution in [-0.4, -0.2) is 37.9 Å². The third-order valence-corrected chi connectivity index (χ3v) is 10.1. The number of allylic oxidation sites excluding steroid dienone is 16. The minimum absolute atomic E-state index is 0.0475. The molecule has 0 N–H and O–H groups in total. The molecular formula is C55H92O5. The predicted molar refractivity (Wildman–Crippen MR) is 260 cm³/mol. The number of hydrogen-bond acceptors (Lipinski definition) is 5. The fourth-order valence-electron chi connectivity index (χ4n) is 6.49. The van der Waals surface area contributed by atoms with E-state index >= 15 is 0 Å². The summed E-state index contributed by atoms with van der Waals surface area (Å²) in [6.07, 6.45) is 67.0. The van der Waals surface area contributed by atoms with Gasteiger partial charge in [0.2, 0.25) is 0 Å². The topological polar surface area (TPSA) is 61.8 Å². The van der Waals surface area contributed by atoms with Crippen LogP contribution in [0, 0.1) is 0 Å². The van der Waals surface area contributed by atoms with Crippen LogP contribution in [0.25, 0.3) is 0 Å². The van der Waals surface area contributed by atoms with Crippen LogP contribution in [0.15, 0.2) is 97.2 Å². The van der Waals surface area contributed by atoms with Gasteiger partial charge in [-0.1, -0.05) is 201 Å². The van der Waals surface area contributed by atoms with Gasteiger partial charge in [0, 0.05) is 19.4 Å². The van der Waals surface area contributed by atoms with E-state index in [2.05, 4.69) is 118 Å². The summed E-state index contributed by atoms with van der Waals surface area (Å²) in [4.78, 5) is 25.3. The van der Waals surface area contributed by atoms with Crippen LogP contribution in [0.3, 0.4) is 0 Å². The van der Waals surface area contributed by atoms with Crippen molar-refractivity contribution in [3.8, 4) is 0 Å². The van der Waals surface area contributed by atoms with Crippen molar-refractivity contribution in [2.45, 2.75) is 219 Å². The molecule has 0 aromatic rings. The molecule has 0 aliphatic heterocycles. The number of unbranched alkanes of at least 4 members (excludes halogenated alkanes) is 17. The third kappa shape index (κ3) is 47.5. The summed E-state index contributed by atoms with van der Waals surface area (Å²) in [6.45, 7) is 7.48. The maximum Gasteiger partial charge on any atom is 0.306 e.